The number of carbonyl (C=O) groups excluding carboxylic acids is 2. The normalized spacial score (nSPS) is 12.0. The summed E-state index contributed by atoms with van der Waals surface area (Å²) in [4.78, 5) is 36.0. The molecule has 1 heterocycles. The van der Waals surface area contributed by atoms with Crippen LogP contribution < -0.4 is 10.7 Å². The maximum atomic E-state index is 12.6. The van der Waals surface area contributed by atoms with Gasteiger partial charge in [0.2, 0.25) is 0 Å². The van der Waals surface area contributed by atoms with Crippen molar-refractivity contribution in [2.45, 2.75) is 33.7 Å². The number of nitrogens with one attached hydrogen (secondary N) is 2. The van der Waals surface area contributed by atoms with Crippen LogP contribution in [0.25, 0.3) is 11.3 Å². The van der Waals surface area contributed by atoms with E-state index in [1.54, 1.807) is 43.3 Å². The van der Waals surface area contributed by atoms with Crippen LogP contribution in [0, 0.1) is 29.9 Å². The fraction of sp³-hybridized carbons (Fsp3) is 0.240. The fourth-order valence-corrected chi connectivity index (χ4v) is 3.26. The van der Waals surface area contributed by atoms with Crippen LogP contribution >= 0.6 is 0 Å². The molecule has 0 aliphatic heterocycles. The highest BCUT2D eigenvalue weighted by atomic mass is 16.6. The Kier molecular flexibility index (Phi) is 7.57. The Labute approximate surface area is 197 Å². The molecule has 1 aromatic heterocycles. The molecule has 176 valence electrons. The molecule has 3 rings (SSSR count). The van der Waals surface area contributed by atoms with Gasteiger partial charge in [0.1, 0.15) is 17.6 Å². The van der Waals surface area contributed by atoms with E-state index in [0.717, 1.165) is 11.1 Å². The van der Waals surface area contributed by atoms with Crippen molar-refractivity contribution in [2.75, 3.05) is 0 Å². The van der Waals surface area contributed by atoms with Crippen LogP contribution in [-0.2, 0) is 4.79 Å². The zero-order valence-corrected chi connectivity index (χ0v) is 19.4. The van der Waals surface area contributed by atoms with E-state index in [0.29, 0.717) is 22.6 Å². The molecule has 1 atom stereocenters. The third-order valence-electron chi connectivity index (χ3n) is 5.16. The SMILES string of the molecule is Cc1ccc(C(=O)NC(C(=O)N/N=C/c2ccc(-c3ccc(C)cc3[N+](=O)[O-])o2)C(C)C)cc1. The van der Waals surface area contributed by atoms with Gasteiger partial charge in [-0.05, 0) is 55.7 Å². The number of nitro benzene ring substituents is 1. The monoisotopic (exact) mass is 462 g/mol. The fourth-order valence-electron chi connectivity index (χ4n) is 3.26. The molecule has 3 aromatic rings. The Morgan fingerprint density at radius 1 is 1.03 bits per heavy atom. The molecule has 34 heavy (non-hydrogen) atoms. The van der Waals surface area contributed by atoms with Crippen LogP contribution in [0.15, 0.2) is 64.1 Å². The zero-order chi connectivity index (χ0) is 24.8. The van der Waals surface area contributed by atoms with Gasteiger partial charge in [0, 0.05) is 11.6 Å². The first-order chi connectivity index (χ1) is 16.2. The van der Waals surface area contributed by atoms with Crippen molar-refractivity contribution in [2.24, 2.45) is 11.0 Å². The summed E-state index contributed by atoms with van der Waals surface area (Å²) in [6, 6.07) is 14.3. The van der Waals surface area contributed by atoms with Gasteiger partial charge < -0.3 is 9.73 Å². The lowest BCUT2D eigenvalue weighted by Crippen LogP contribution is -2.48. The van der Waals surface area contributed by atoms with Crippen LogP contribution in [0.2, 0.25) is 0 Å². The van der Waals surface area contributed by atoms with Crippen LogP contribution in [0.3, 0.4) is 0 Å². The minimum Gasteiger partial charge on any atom is -0.455 e. The quantitative estimate of drug-likeness (QED) is 0.292. The van der Waals surface area contributed by atoms with Crippen molar-refractivity contribution in [3.63, 3.8) is 0 Å². The average molecular weight is 463 g/mol. The summed E-state index contributed by atoms with van der Waals surface area (Å²) in [7, 11) is 0. The molecule has 2 amide bonds. The molecule has 0 bridgehead atoms. The number of amides is 2. The first-order valence-corrected chi connectivity index (χ1v) is 10.7. The van der Waals surface area contributed by atoms with Gasteiger partial charge in [-0.3, -0.25) is 19.7 Å². The molecule has 0 saturated carbocycles. The Morgan fingerprint density at radius 2 is 1.71 bits per heavy atom. The highest BCUT2D eigenvalue weighted by molar-refractivity contribution is 5.97. The van der Waals surface area contributed by atoms with Crippen molar-refractivity contribution in [1.82, 2.24) is 10.7 Å². The zero-order valence-electron chi connectivity index (χ0n) is 19.4. The molecule has 0 saturated heterocycles. The van der Waals surface area contributed by atoms with Crippen molar-refractivity contribution < 1.29 is 18.9 Å². The van der Waals surface area contributed by atoms with Crippen molar-refractivity contribution in [3.05, 3.63) is 87.2 Å². The Bertz CT molecular complexity index is 1230. The van der Waals surface area contributed by atoms with Gasteiger partial charge in [0.05, 0.1) is 16.7 Å². The molecular formula is C25H26N4O5. The van der Waals surface area contributed by atoms with Crippen molar-refractivity contribution in [1.29, 1.82) is 0 Å². The molecule has 9 nitrogen and oxygen atoms in total. The first kappa shape index (κ1) is 24.4. The van der Waals surface area contributed by atoms with Gasteiger partial charge in [-0.1, -0.05) is 37.6 Å². The second-order valence-corrected chi connectivity index (χ2v) is 8.28. The number of aryl methyl sites for hydroxylation is 2. The number of hydrogen-bond donors (Lipinski definition) is 2. The number of carbonyl (C=O) groups is 2. The number of furan rings is 1. The van der Waals surface area contributed by atoms with E-state index in [9.17, 15) is 19.7 Å². The molecule has 0 fully saturated rings. The van der Waals surface area contributed by atoms with E-state index in [1.165, 1.54) is 12.3 Å². The summed E-state index contributed by atoms with van der Waals surface area (Å²) in [5, 5.41) is 18.0. The molecule has 0 radical (unpaired) electrons. The lowest BCUT2D eigenvalue weighted by atomic mass is 10.0. The van der Waals surface area contributed by atoms with Crippen LogP contribution in [-0.4, -0.2) is 29.0 Å². The summed E-state index contributed by atoms with van der Waals surface area (Å²) in [6.45, 7) is 7.33. The minimum atomic E-state index is -0.798. The van der Waals surface area contributed by atoms with E-state index in [2.05, 4.69) is 15.8 Å². The number of nitro groups is 1. The predicted molar refractivity (Wildman–Crippen MR) is 129 cm³/mol. The lowest BCUT2D eigenvalue weighted by Gasteiger charge is -2.20. The molecule has 9 heteroatoms. The van der Waals surface area contributed by atoms with Gasteiger partial charge in [-0.25, -0.2) is 5.43 Å². The molecule has 0 spiro atoms. The second-order valence-electron chi connectivity index (χ2n) is 8.28. The number of hydrazone groups is 1. The largest absolute Gasteiger partial charge is 0.455 e. The van der Waals surface area contributed by atoms with Gasteiger partial charge >= 0.3 is 0 Å². The maximum Gasteiger partial charge on any atom is 0.280 e. The topological polar surface area (TPSA) is 127 Å². The van der Waals surface area contributed by atoms with Crippen LogP contribution in [0.4, 0.5) is 5.69 Å². The van der Waals surface area contributed by atoms with Crippen LogP contribution in [0.5, 0.6) is 0 Å². The van der Waals surface area contributed by atoms with Gasteiger partial charge in [-0.15, -0.1) is 0 Å². The van der Waals surface area contributed by atoms with Gasteiger partial charge in [0.15, 0.2) is 0 Å². The van der Waals surface area contributed by atoms with E-state index >= 15 is 0 Å². The maximum absolute atomic E-state index is 12.6. The van der Waals surface area contributed by atoms with Gasteiger partial charge in [0.25, 0.3) is 17.5 Å². The number of rotatable bonds is 8. The number of hydrogen-bond acceptors (Lipinski definition) is 6. The summed E-state index contributed by atoms with van der Waals surface area (Å²) >= 11 is 0. The first-order valence-electron chi connectivity index (χ1n) is 10.7. The Morgan fingerprint density at radius 3 is 2.35 bits per heavy atom. The van der Waals surface area contributed by atoms with Crippen molar-refractivity contribution in [3.8, 4) is 11.3 Å². The number of benzene rings is 2. The average Bonchev–Trinajstić information content (AvgIpc) is 3.26. The third-order valence-corrected chi connectivity index (χ3v) is 5.16. The van der Waals surface area contributed by atoms with E-state index in [-0.39, 0.29) is 17.5 Å². The van der Waals surface area contributed by atoms with Gasteiger partial charge in [-0.2, -0.15) is 5.10 Å². The van der Waals surface area contributed by atoms with Crippen LogP contribution in [0.1, 0.15) is 41.1 Å². The highest BCUT2D eigenvalue weighted by Crippen LogP contribution is 2.31. The standard InChI is InChI=1S/C25H26N4O5/c1-15(2)23(27-24(30)18-8-5-16(3)6-9-18)25(31)28-26-14-19-10-12-22(34-19)20-11-7-17(4)13-21(20)29(32)33/h5-15,23H,1-4H3,(H,27,30)(H,28,31)/b26-14+. The lowest BCUT2D eigenvalue weighted by molar-refractivity contribution is -0.384. The summed E-state index contributed by atoms with van der Waals surface area (Å²) in [5.41, 5.74) is 4.95. The smallest absolute Gasteiger partial charge is 0.280 e. The Hall–Kier alpha value is -4.27. The molecular weight excluding hydrogens is 436 g/mol. The summed E-state index contributed by atoms with van der Waals surface area (Å²) in [5.74, 6) is -0.400. The Balaban J connectivity index is 1.67. The molecule has 2 aromatic carbocycles. The molecule has 2 N–H and O–H groups in total. The van der Waals surface area contributed by atoms with Crippen molar-refractivity contribution >= 4 is 23.7 Å². The summed E-state index contributed by atoms with van der Waals surface area (Å²) in [6.07, 6.45) is 1.29. The third kappa shape index (κ3) is 5.94. The van der Waals surface area contributed by atoms with E-state index < -0.39 is 16.9 Å². The molecule has 0 aliphatic rings. The molecule has 1 unspecified atom stereocenters. The van der Waals surface area contributed by atoms with E-state index in [1.807, 2.05) is 32.9 Å². The number of nitrogens with zero attached hydrogens (tertiary/aromatic N) is 2. The minimum absolute atomic E-state index is 0.0600. The molecule has 0 aliphatic carbocycles. The highest BCUT2D eigenvalue weighted by Gasteiger charge is 2.24. The predicted octanol–water partition coefficient (Wildman–Crippen LogP) is 4.38. The van der Waals surface area contributed by atoms with E-state index in [4.69, 9.17) is 4.42 Å². The summed E-state index contributed by atoms with van der Waals surface area (Å²) < 4.78 is 5.65. The second kappa shape index (κ2) is 10.6.